The summed E-state index contributed by atoms with van der Waals surface area (Å²) in [5, 5.41) is 2.09. The molecule has 0 aliphatic heterocycles. The normalized spacial score (nSPS) is 11.7. The number of para-hydroxylation sites is 2. The summed E-state index contributed by atoms with van der Waals surface area (Å²) in [5.74, 6) is 0.855. The number of hydrogen-bond acceptors (Lipinski definition) is 3. The zero-order valence-electron chi connectivity index (χ0n) is 26.1. The van der Waals surface area contributed by atoms with Crippen LogP contribution in [0.15, 0.2) is 114 Å². The Morgan fingerprint density at radius 2 is 1.29 bits per heavy atom. The van der Waals surface area contributed by atoms with Crippen molar-refractivity contribution < 1.29 is 4.42 Å². The molecular formula is C41H33N3O. The second-order valence-corrected chi connectivity index (χ2v) is 12.1. The van der Waals surface area contributed by atoms with E-state index in [1.807, 2.05) is 6.07 Å². The van der Waals surface area contributed by atoms with Gasteiger partial charge in [0.05, 0.1) is 28.0 Å². The van der Waals surface area contributed by atoms with E-state index in [4.69, 9.17) is 14.4 Å². The summed E-state index contributed by atoms with van der Waals surface area (Å²) >= 11 is 0. The van der Waals surface area contributed by atoms with Crippen molar-refractivity contribution >= 4 is 33.1 Å². The van der Waals surface area contributed by atoms with Crippen molar-refractivity contribution in [1.29, 1.82) is 0 Å². The third-order valence-corrected chi connectivity index (χ3v) is 9.06. The van der Waals surface area contributed by atoms with Crippen molar-refractivity contribution in [2.24, 2.45) is 0 Å². The Kier molecular flexibility index (Phi) is 6.21. The lowest BCUT2D eigenvalue weighted by atomic mass is 9.98. The van der Waals surface area contributed by atoms with Gasteiger partial charge in [0.25, 0.3) is 0 Å². The molecule has 8 rings (SSSR count). The average molecular weight is 584 g/mol. The van der Waals surface area contributed by atoms with Gasteiger partial charge in [-0.25, -0.2) is 9.97 Å². The zero-order chi connectivity index (χ0) is 30.8. The number of furan rings is 1. The Morgan fingerprint density at radius 1 is 0.578 bits per heavy atom. The Labute approximate surface area is 262 Å². The fourth-order valence-electron chi connectivity index (χ4n) is 7.00. The Bertz CT molecular complexity index is 2380. The quantitative estimate of drug-likeness (QED) is 0.207. The fraction of sp³-hybridized carbons (Fsp3) is 0.122. The van der Waals surface area contributed by atoms with E-state index < -0.39 is 0 Å². The number of aryl methyl sites for hydroxylation is 5. The number of fused-ring (bicyclic) bond motifs is 4. The smallest absolute Gasteiger partial charge is 0.227 e. The van der Waals surface area contributed by atoms with E-state index in [1.165, 1.54) is 33.4 Å². The molecule has 0 fully saturated rings. The summed E-state index contributed by atoms with van der Waals surface area (Å²) in [6.45, 7) is 10.8. The van der Waals surface area contributed by atoms with Crippen LogP contribution in [0.5, 0.6) is 0 Å². The summed E-state index contributed by atoms with van der Waals surface area (Å²) in [6, 6.07) is 38.4. The van der Waals surface area contributed by atoms with Gasteiger partial charge in [-0.05, 0) is 116 Å². The maximum atomic E-state index is 6.72. The lowest BCUT2D eigenvalue weighted by Gasteiger charge is -2.17. The number of rotatable bonds is 4. The van der Waals surface area contributed by atoms with Crippen LogP contribution in [-0.2, 0) is 0 Å². The van der Waals surface area contributed by atoms with E-state index in [2.05, 4.69) is 142 Å². The van der Waals surface area contributed by atoms with Crippen molar-refractivity contribution in [3.63, 3.8) is 0 Å². The van der Waals surface area contributed by atoms with Crippen molar-refractivity contribution in [2.75, 3.05) is 0 Å². The van der Waals surface area contributed by atoms with Crippen molar-refractivity contribution in [1.82, 2.24) is 14.5 Å². The number of nitrogens with zero attached hydrogens (tertiary/aromatic N) is 3. The van der Waals surface area contributed by atoms with E-state index >= 15 is 0 Å². The number of benzene rings is 5. The van der Waals surface area contributed by atoms with E-state index in [0.717, 1.165) is 61.3 Å². The minimum atomic E-state index is 0.642. The largest absolute Gasteiger partial charge is 0.437 e. The van der Waals surface area contributed by atoms with Gasteiger partial charge >= 0.3 is 0 Å². The molecule has 0 bridgehead atoms. The molecule has 45 heavy (non-hydrogen) atoms. The van der Waals surface area contributed by atoms with Gasteiger partial charge in [-0.3, -0.25) is 4.57 Å². The molecular weight excluding hydrogens is 550 g/mol. The van der Waals surface area contributed by atoms with Gasteiger partial charge in [0.1, 0.15) is 11.4 Å². The second-order valence-electron chi connectivity index (χ2n) is 12.1. The summed E-state index contributed by atoms with van der Waals surface area (Å²) in [7, 11) is 0. The maximum Gasteiger partial charge on any atom is 0.227 e. The van der Waals surface area contributed by atoms with Crippen LogP contribution in [0.4, 0.5) is 0 Å². The molecule has 218 valence electrons. The highest BCUT2D eigenvalue weighted by Crippen LogP contribution is 2.41. The standard InChI is InChI=1S/C41H33N3O/c1-24-12-11-13-25(2)36(24)34-21-20-31-37-26(3)18-19-32(39(37)45-41(31)43-34)40-42-33-16-9-10-17-35(33)44(40)38-27(4)22-30(23-28(38)5)29-14-7-6-8-15-29/h6-23H,1-5H3. The first-order chi connectivity index (χ1) is 21.9. The molecule has 0 unspecified atom stereocenters. The number of pyridine rings is 1. The highest BCUT2D eigenvalue weighted by atomic mass is 16.3. The van der Waals surface area contributed by atoms with E-state index in [-0.39, 0.29) is 0 Å². The van der Waals surface area contributed by atoms with Gasteiger partial charge in [0.15, 0.2) is 0 Å². The van der Waals surface area contributed by atoms with E-state index in [0.29, 0.717) is 5.71 Å². The average Bonchev–Trinajstić information content (AvgIpc) is 3.61. The van der Waals surface area contributed by atoms with Crippen LogP contribution in [0.25, 0.3) is 72.6 Å². The molecule has 0 N–H and O–H groups in total. The summed E-state index contributed by atoms with van der Waals surface area (Å²) in [6.07, 6.45) is 0. The Morgan fingerprint density at radius 3 is 2.04 bits per heavy atom. The van der Waals surface area contributed by atoms with Gasteiger partial charge in [-0.15, -0.1) is 0 Å². The number of imidazole rings is 1. The second kappa shape index (κ2) is 10.3. The number of aromatic nitrogens is 3. The van der Waals surface area contributed by atoms with Gasteiger partial charge in [-0.2, -0.15) is 0 Å². The lowest BCUT2D eigenvalue weighted by Crippen LogP contribution is -2.03. The van der Waals surface area contributed by atoms with Crippen LogP contribution in [0.1, 0.15) is 27.8 Å². The molecule has 3 aromatic heterocycles. The third-order valence-electron chi connectivity index (χ3n) is 9.06. The van der Waals surface area contributed by atoms with Gasteiger partial charge < -0.3 is 4.42 Å². The highest BCUT2D eigenvalue weighted by Gasteiger charge is 2.23. The maximum absolute atomic E-state index is 6.72. The molecule has 4 heteroatoms. The monoisotopic (exact) mass is 583 g/mol. The number of hydrogen-bond donors (Lipinski definition) is 0. The van der Waals surface area contributed by atoms with Crippen LogP contribution in [0.3, 0.4) is 0 Å². The first kappa shape index (κ1) is 27.1. The molecule has 0 aliphatic rings. The topological polar surface area (TPSA) is 43.9 Å². The van der Waals surface area contributed by atoms with Gasteiger partial charge in [-0.1, -0.05) is 66.7 Å². The zero-order valence-corrected chi connectivity index (χ0v) is 26.1. The molecule has 5 aromatic carbocycles. The van der Waals surface area contributed by atoms with Crippen LogP contribution in [-0.4, -0.2) is 14.5 Å². The molecule has 8 aromatic rings. The van der Waals surface area contributed by atoms with Crippen molar-refractivity contribution in [3.05, 3.63) is 137 Å². The highest BCUT2D eigenvalue weighted by molar-refractivity contribution is 6.10. The first-order valence-corrected chi connectivity index (χ1v) is 15.4. The predicted molar refractivity (Wildman–Crippen MR) is 186 cm³/mol. The molecule has 0 saturated heterocycles. The predicted octanol–water partition coefficient (Wildman–Crippen LogP) is 10.9. The third kappa shape index (κ3) is 4.28. The Balaban J connectivity index is 1.38. The molecule has 0 spiro atoms. The minimum absolute atomic E-state index is 0.642. The molecule has 0 radical (unpaired) electrons. The van der Waals surface area contributed by atoms with Crippen molar-refractivity contribution in [2.45, 2.75) is 34.6 Å². The minimum Gasteiger partial charge on any atom is -0.437 e. The lowest BCUT2D eigenvalue weighted by molar-refractivity contribution is 0.655. The van der Waals surface area contributed by atoms with Gasteiger partial charge in [0, 0.05) is 16.3 Å². The summed E-state index contributed by atoms with van der Waals surface area (Å²) in [5.41, 5.74) is 16.0. The van der Waals surface area contributed by atoms with Crippen LogP contribution in [0.2, 0.25) is 0 Å². The molecule has 3 heterocycles. The molecule has 0 atom stereocenters. The van der Waals surface area contributed by atoms with E-state index in [9.17, 15) is 0 Å². The van der Waals surface area contributed by atoms with Crippen LogP contribution >= 0.6 is 0 Å². The first-order valence-electron chi connectivity index (χ1n) is 15.4. The summed E-state index contributed by atoms with van der Waals surface area (Å²) in [4.78, 5) is 10.3. The Hall–Kier alpha value is -5.48. The van der Waals surface area contributed by atoms with Crippen LogP contribution in [0, 0.1) is 34.6 Å². The molecule has 4 nitrogen and oxygen atoms in total. The van der Waals surface area contributed by atoms with Gasteiger partial charge in [0.2, 0.25) is 5.71 Å². The fourth-order valence-corrected chi connectivity index (χ4v) is 7.00. The van der Waals surface area contributed by atoms with Crippen LogP contribution < -0.4 is 0 Å². The molecule has 0 aliphatic carbocycles. The van der Waals surface area contributed by atoms with Crippen molar-refractivity contribution in [3.8, 4) is 39.5 Å². The molecule has 0 saturated carbocycles. The molecule has 0 amide bonds. The van der Waals surface area contributed by atoms with E-state index in [1.54, 1.807) is 0 Å². The summed E-state index contributed by atoms with van der Waals surface area (Å²) < 4.78 is 9.03. The SMILES string of the molecule is Cc1cccc(C)c1-c1ccc2c(n1)oc1c(-c3nc4ccccc4n3-c3c(C)cc(-c4ccccc4)cc3C)ccc(C)c12.